The Morgan fingerprint density at radius 3 is 2.50 bits per heavy atom. The third-order valence-electron chi connectivity index (χ3n) is 4.73. The largest absolute Gasteiger partial charge is 0.468 e. The van der Waals surface area contributed by atoms with E-state index in [0.29, 0.717) is 5.76 Å². The number of hydrogen-bond donors (Lipinski definition) is 0. The molecule has 0 N–H and O–H groups in total. The van der Waals surface area contributed by atoms with Crippen molar-refractivity contribution >= 4 is 6.29 Å². The fourth-order valence-electron chi connectivity index (χ4n) is 3.01. The molecule has 5 nitrogen and oxygen atoms in total. The Hall–Kier alpha value is -2.92. The van der Waals surface area contributed by atoms with Gasteiger partial charge < -0.3 is 18.8 Å². The summed E-state index contributed by atoms with van der Waals surface area (Å²) in [6.45, 7) is 0.218. The second-order valence-corrected chi connectivity index (χ2v) is 6.47. The standard InChI is InChI=1S/C21H19NO4/c1-24-14-25-16-8-6-15(7-9-16)17-4-2-3-5-18(17)19-12-20(26-22-19)21(13-23)10-11-21/h2-9,12-13H,10-11,14H2,1H3. The van der Waals surface area contributed by atoms with E-state index in [4.69, 9.17) is 14.0 Å². The summed E-state index contributed by atoms with van der Waals surface area (Å²) in [5, 5.41) is 4.21. The Bertz CT molecular complexity index is 910. The fraction of sp³-hybridized carbons (Fsp3) is 0.238. The van der Waals surface area contributed by atoms with E-state index in [2.05, 4.69) is 5.16 Å². The predicted octanol–water partition coefficient (Wildman–Crippen LogP) is 4.22. The lowest BCUT2D eigenvalue weighted by Gasteiger charge is -2.09. The Kier molecular flexibility index (Phi) is 4.31. The number of aldehydes is 1. The van der Waals surface area contributed by atoms with Crippen LogP contribution < -0.4 is 4.74 Å². The summed E-state index contributed by atoms with van der Waals surface area (Å²) in [5.41, 5.74) is 3.34. The van der Waals surface area contributed by atoms with Crippen molar-refractivity contribution in [1.82, 2.24) is 5.16 Å². The van der Waals surface area contributed by atoms with Crippen LogP contribution in [0.4, 0.5) is 0 Å². The lowest BCUT2D eigenvalue weighted by Crippen LogP contribution is -2.05. The van der Waals surface area contributed by atoms with Gasteiger partial charge in [0.05, 0.1) is 5.41 Å². The van der Waals surface area contributed by atoms with E-state index in [9.17, 15) is 4.79 Å². The van der Waals surface area contributed by atoms with Gasteiger partial charge in [-0.15, -0.1) is 0 Å². The monoisotopic (exact) mass is 349 g/mol. The Labute approximate surface area is 151 Å². The van der Waals surface area contributed by atoms with E-state index in [0.717, 1.165) is 47.3 Å². The van der Waals surface area contributed by atoms with Gasteiger partial charge in [-0.1, -0.05) is 41.6 Å². The van der Waals surface area contributed by atoms with E-state index in [1.165, 1.54) is 0 Å². The highest BCUT2D eigenvalue weighted by atomic mass is 16.7. The van der Waals surface area contributed by atoms with Crippen molar-refractivity contribution in [3.05, 3.63) is 60.4 Å². The highest BCUT2D eigenvalue weighted by Crippen LogP contribution is 2.47. The number of aromatic nitrogens is 1. The SMILES string of the molecule is COCOc1ccc(-c2ccccc2-c2cc(C3(C=O)CC3)on2)cc1. The van der Waals surface area contributed by atoms with Crippen LogP contribution in [0.3, 0.4) is 0 Å². The topological polar surface area (TPSA) is 61.6 Å². The summed E-state index contributed by atoms with van der Waals surface area (Å²) in [4.78, 5) is 11.3. The molecule has 1 aliphatic carbocycles. The minimum Gasteiger partial charge on any atom is -0.468 e. The van der Waals surface area contributed by atoms with E-state index in [1.807, 2.05) is 54.6 Å². The van der Waals surface area contributed by atoms with Crippen LogP contribution in [-0.4, -0.2) is 25.3 Å². The van der Waals surface area contributed by atoms with Crippen LogP contribution in [0.15, 0.2) is 59.1 Å². The van der Waals surface area contributed by atoms with Crippen molar-refractivity contribution in [3.8, 4) is 28.1 Å². The number of benzene rings is 2. The van der Waals surface area contributed by atoms with E-state index < -0.39 is 5.41 Å². The number of carbonyl (C=O) groups is 1. The molecule has 1 aliphatic rings. The molecule has 0 amide bonds. The molecule has 0 unspecified atom stereocenters. The van der Waals surface area contributed by atoms with E-state index in [1.54, 1.807) is 7.11 Å². The predicted molar refractivity (Wildman–Crippen MR) is 96.9 cm³/mol. The molecule has 1 aromatic heterocycles. The van der Waals surface area contributed by atoms with Crippen LogP contribution in [0.25, 0.3) is 22.4 Å². The number of hydrogen-bond acceptors (Lipinski definition) is 5. The zero-order chi connectivity index (χ0) is 18.0. The highest BCUT2D eigenvalue weighted by molar-refractivity contribution is 5.82. The number of rotatable bonds is 7. The van der Waals surface area contributed by atoms with Crippen molar-refractivity contribution in [2.45, 2.75) is 18.3 Å². The van der Waals surface area contributed by atoms with E-state index >= 15 is 0 Å². The first-order valence-electron chi connectivity index (χ1n) is 8.51. The molecule has 0 radical (unpaired) electrons. The average Bonchev–Trinajstić information content (AvgIpc) is 3.35. The highest BCUT2D eigenvalue weighted by Gasteiger charge is 2.48. The summed E-state index contributed by atoms with van der Waals surface area (Å²) >= 11 is 0. The van der Waals surface area contributed by atoms with Crippen molar-refractivity contribution in [3.63, 3.8) is 0 Å². The molecular formula is C21H19NO4. The molecule has 0 atom stereocenters. The fourth-order valence-corrected chi connectivity index (χ4v) is 3.01. The minimum atomic E-state index is -0.458. The van der Waals surface area contributed by atoms with Crippen LogP contribution in [0, 0.1) is 0 Å². The zero-order valence-corrected chi connectivity index (χ0v) is 14.5. The molecule has 0 bridgehead atoms. The summed E-state index contributed by atoms with van der Waals surface area (Å²) in [6.07, 6.45) is 2.63. The Morgan fingerprint density at radius 1 is 1.12 bits per heavy atom. The number of carbonyl (C=O) groups excluding carboxylic acids is 1. The smallest absolute Gasteiger partial charge is 0.188 e. The molecule has 1 fully saturated rings. The molecule has 26 heavy (non-hydrogen) atoms. The molecule has 0 saturated heterocycles. The van der Waals surface area contributed by atoms with Crippen molar-refractivity contribution in [2.24, 2.45) is 0 Å². The van der Waals surface area contributed by atoms with Gasteiger partial charge in [0.2, 0.25) is 0 Å². The van der Waals surface area contributed by atoms with Gasteiger partial charge in [-0.25, -0.2) is 0 Å². The van der Waals surface area contributed by atoms with Gasteiger partial charge in [-0.3, -0.25) is 0 Å². The minimum absolute atomic E-state index is 0.218. The molecule has 4 rings (SSSR count). The molecule has 5 heteroatoms. The van der Waals surface area contributed by atoms with Gasteiger partial charge in [0, 0.05) is 18.7 Å². The van der Waals surface area contributed by atoms with Gasteiger partial charge in [0.15, 0.2) is 12.6 Å². The van der Waals surface area contributed by atoms with E-state index in [-0.39, 0.29) is 6.79 Å². The lowest BCUT2D eigenvalue weighted by molar-refractivity contribution is -0.110. The third kappa shape index (κ3) is 3.02. The summed E-state index contributed by atoms with van der Waals surface area (Å²) in [5.74, 6) is 1.40. The first-order valence-corrected chi connectivity index (χ1v) is 8.51. The first kappa shape index (κ1) is 16.5. The summed E-state index contributed by atoms with van der Waals surface area (Å²) < 4.78 is 15.8. The molecule has 132 valence electrons. The van der Waals surface area contributed by atoms with Gasteiger partial charge in [-0.2, -0.15) is 0 Å². The van der Waals surface area contributed by atoms with Crippen LogP contribution >= 0.6 is 0 Å². The molecular weight excluding hydrogens is 330 g/mol. The maximum absolute atomic E-state index is 11.3. The normalized spacial score (nSPS) is 14.8. The summed E-state index contributed by atoms with van der Waals surface area (Å²) in [7, 11) is 1.59. The molecule has 0 aliphatic heterocycles. The first-order chi connectivity index (χ1) is 12.8. The molecule has 1 saturated carbocycles. The van der Waals surface area contributed by atoms with Crippen LogP contribution in [0.2, 0.25) is 0 Å². The van der Waals surface area contributed by atoms with Crippen LogP contribution in [0.5, 0.6) is 5.75 Å². The zero-order valence-electron chi connectivity index (χ0n) is 14.5. The van der Waals surface area contributed by atoms with Gasteiger partial charge in [0.1, 0.15) is 17.7 Å². The number of ether oxygens (including phenoxy) is 2. The van der Waals surface area contributed by atoms with Crippen molar-refractivity contribution < 1.29 is 18.8 Å². The average molecular weight is 349 g/mol. The summed E-state index contributed by atoms with van der Waals surface area (Å²) in [6, 6.07) is 17.7. The van der Waals surface area contributed by atoms with Crippen molar-refractivity contribution in [1.29, 1.82) is 0 Å². The molecule has 2 aromatic carbocycles. The quantitative estimate of drug-likeness (QED) is 0.472. The van der Waals surface area contributed by atoms with Gasteiger partial charge >= 0.3 is 0 Å². The lowest BCUT2D eigenvalue weighted by atomic mass is 9.96. The van der Waals surface area contributed by atoms with Crippen LogP contribution in [0.1, 0.15) is 18.6 Å². The van der Waals surface area contributed by atoms with Crippen LogP contribution in [-0.2, 0) is 14.9 Å². The Balaban J connectivity index is 1.66. The number of methoxy groups -OCH3 is 1. The maximum Gasteiger partial charge on any atom is 0.188 e. The molecule has 3 aromatic rings. The second-order valence-electron chi connectivity index (χ2n) is 6.47. The maximum atomic E-state index is 11.3. The molecule has 1 heterocycles. The second kappa shape index (κ2) is 6.77. The van der Waals surface area contributed by atoms with Gasteiger partial charge in [-0.05, 0) is 36.1 Å². The Morgan fingerprint density at radius 2 is 1.85 bits per heavy atom. The molecule has 0 spiro atoms. The number of nitrogens with zero attached hydrogens (tertiary/aromatic N) is 1. The third-order valence-corrected chi connectivity index (χ3v) is 4.73. The van der Waals surface area contributed by atoms with Crippen molar-refractivity contribution in [2.75, 3.05) is 13.9 Å². The van der Waals surface area contributed by atoms with Gasteiger partial charge in [0.25, 0.3) is 0 Å².